The van der Waals surface area contributed by atoms with E-state index in [2.05, 4.69) is 5.32 Å². The van der Waals surface area contributed by atoms with Gasteiger partial charge in [-0.2, -0.15) is 0 Å². The molecule has 162 valence electrons. The van der Waals surface area contributed by atoms with Crippen LogP contribution in [0.15, 0.2) is 18.2 Å². The van der Waals surface area contributed by atoms with E-state index in [4.69, 9.17) is 9.47 Å². The van der Waals surface area contributed by atoms with Crippen LogP contribution in [0, 0.1) is 16.0 Å². The Morgan fingerprint density at radius 3 is 2.67 bits per heavy atom. The first kappa shape index (κ1) is 21.5. The number of esters is 1. The third-order valence-corrected chi connectivity index (χ3v) is 5.53. The Kier molecular flexibility index (Phi) is 6.86. The summed E-state index contributed by atoms with van der Waals surface area (Å²) in [6, 6.07) is 4.11. The molecule has 2 fully saturated rings. The van der Waals surface area contributed by atoms with Crippen LogP contribution < -0.4 is 10.1 Å². The maximum Gasteiger partial charge on any atom is 0.311 e. The fourth-order valence-electron chi connectivity index (χ4n) is 3.98. The van der Waals surface area contributed by atoms with Gasteiger partial charge in [-0.1, -0.05) is 19.3 Å². The number of anilines is 1. The Morgan fingerprint density at radius 2 is 2.00 bits per heavy atom. The van der Waals surface area contributed by atoms with Gasteiger partial charge in [0.25, 0.3) is 11.6 Å². The van der Waals surface area contributed by atoms with Crippen LogP contribution in [-0.2, 0) is 19.1 Å². The minimum Gasteiger partial charge on any atom is -0.497 e. The molecule has 10 heteroatoms. The van der Waals surface area contributed by atoms with Crippen molar-refractivity contribution in [3.05, 3.63) is 28.3 Å². The fourth-order valence-corrected chi connectivity index (χ4v) is 3.98. The van der Waals surface area contributed by atoms with Crippen molar-refractivity contribution in [3.63, 3.8) is 0 Å². The number of nitrogens with one attached hydrogen (secondary N) is 1. The van der Waals surface area contributed by atoms with E-state index in [1.807, 2.05) is 0 Å². The summed E-state index contributed by atoms with van der Waals surface area (Å²) < 4.78 is 10.1. The van der Waals surface area contributed by atoms with Gasteiger partial charge in [0.2, 0.25) is 5.91 Å². The SMILES string of the molecule is COc1ccc([N+](=O)[O-])c(NC(=O)COC(=O)[C@H]2CC(=O)N(C3CCCCC3)C2)c1. The predicted octanol–water partition coefficient (Wildman–Crippen LogP) is 2.27. The number of nitro benzene ring substituents is 1. The van der Waals surface area contributed by atoms with Crippen molar-refractivity contribution in [2.24, 2.45) is 5.92 Å². The monoisotopic (exact) mass is 419 g/mol. The highest BCUT2D eigenvalue weighted by Crippen LogP contribution is 2.30. The molecule has 1 aromatic carbocycles. The van der Waals surface area contributed by atoms with Crippen molar-refractivity contribution in [2.75, 3.05) is 25.6 Å². The lowest BCUT2D eigenvalue weighted by Crippen LogP contribution is -2.38. The summed E-state index contributed by atoms with van der Waals surface area (Å²) in [6.45, 7) is -0.285. The predicted molar refractivity (Wildman–Crippen MR) is 106 cm³/mol. The first-order chi connectivity index (χ1) is 14.4. The number of carbonyl (C=O) groups excluding carboxylic acids is 3. The molecular weight excluding hydrogens is 394 g/mol. The second kappa shape index (κ2) is 9.55. The number of hydrogen-bond donors (Lipinski definition) is 1. The molecular formula is C20H25N3O7. The molecule has 1 heterocycles. The topological polar surface area (TPSA) is 128 Å². The number of benzene rings is 1. The van der Waals surface area contributed by atoms with Crippen molar-refractivity contribution in [1.29, 1.82) is 0 Å². The molecule has 10 nitrogen and oxygen atoms in total. The van der Waals surface area contributed by atoms with Gasteiger partial charge in [-0.05, 0) is 18.9 Å². The highest BCUT2D eigenvalue weighted by molar-refractivity contribution is 5.95. The number of nitrogens with zero attached hydrogens (tertiary/aromatic N) is 2. The first-order valence-electron chi connectivity index (χ1n) is 9.97. The Labute approximate surface area is 173 Å². The normalized spacial score (nSPS) is 19.4. The third-order valence-electron chi connectivity index (χ3n) is 5.53. The number of amides is 2. The molecule has 1 N–H and O–H groups in total. The van der Waals surface area contributed by atoms with E-state index in [0.29, 0.717) is 12.3 Å². The highest BCUT2D eigenvalue weighted by atomic mass is 16.6. The average molecular weight is 419 g/mol. The fraction of sp³-hybridized carbons (Fsp3) is 0.550. The van der Waals surface area contributed by atoms with Gasteiger partial charge in [0, 0.05) is 31.1 Å². The summed E-state index contributed by atoms with van der Waals surface area (Å²) in [7, 11) is 1.40. The second-order valence-electron chi connectivity index (χ2n) is 7.54. The summed E-state index contributed by atoms with van der Waals surface area (Å²) in [5, 5.41) is 13.5. The molecule has 2 amide bonds. The molecule has 1 atom stereocenters. The molecule has 0 spiro atoms. The van der Waals surface area contributed by atoms with Crippen molar-refractivity contribution in [3.8, 4) is 5.75 Å². The molecule has 1 aliphatic heterocycles. The summed E-state index contributed by atoms with van der Waals surface area (Å²) in [5.74, 6) is -1.65. The van der Waals surface area contributed by atoms with Crippen molar-refractivity contribution >= 4 is 29.2 Å². The molecule has 0 unspecified atom stereocenters. The van der Waals surface area contributed by atoms with Gasteiger partial charge in [0.1, 0.15) is 11.4 Å². The number of likely N-dealkylation sites (tertiary alicyclic amines) is 1. The van der Waals surface area contributed by atoms with Crippen molar-refractivity contribution in [2.45, 2.75) is 44.6 Å². The van der Waals surface area contributed by atoms with E-state index in [1.165, 1.54) is 31.7 Å². The lowest BCUT2D eigenvalue weighted by Gasteiger charge is -2.31. The third kappa shape index (κ3) is 5.05. The molecule has 3 rings (SSSR count). The number of ether oxygens (including phenoxy) is 2. The van der Waals surface area contributed by atoms with Crippen molar-refractivity contribution < 1.29 is 28.8 Å². The van der Waals surface area contributed by atoms with Gasteiger partial charge in [-0.3, -0.25) is 24.5 Å². The quantitative estimate of drug-likeness (QED) is 0.408. The highest BCUT2D eigenvalue weighted by Gasteiger charge is 2.39. The lowest BCUT2D eigenvalue weighted by molar-refractivity contribution is -0.383. The molecule has 1 aliphatic carbocycles. The van der Waals surface area contributed by atoms with Gasteiger partial charge in [0.15, 0.2) is 6.61 Å². The van der Waals surface area contributed by atoms with Crippen LogP contribution in [0.4, 0.5) is 11.4 Å². The molecule has 0 radical (unpaired) electrons. The molecule has 0 bridgehead atoms. The molecule has 1 aromatic rings. The van der Waals surface area contributed by atoms with Gasteiger partial charge in [0.05, 0.1) is 18.0 Å². The van der Waals surface area contributed by atoms with Gasteiger partial charge < -0.3 is 19.7 Å². The largest absolute Gasteiger partial charge is 0.497 e. The summed E-state index contributed by atoms with van der Waals surface area (Å²) in [4.78, 5) is 49.0. The number of nitro groups is 1. The molecule has 1 saturated carbocycles. The van der Waals surface area contributed by atoms with E-state index in [9.17, 15) is 24.5 Å². The van der Waals surface area contributed by atoms with Crippen LogP contribution in [-0.4, -0.2) is 53.9 Å². The zero-order chi connectivity index (χ0) is 21.7. The van der Waals surface area contributed by atoms with E-state index in [0.717, 1.165) is 25.7 Å². The van der Waals surface area contributed by atoms with E-state index < -0.39 is 29.3 Å². The maximum absolute atomic E-state index is 12.3. The second-order valence-corrected chi connectivity index (χ2v) is 7.54. The minimum atomic E-state index is -0.715. The zero-order valence-electron chi connectivity index (χ0n) is 16.8. The van der Waals surface area contributed by atoms with E-state index >= 15 is 0 Å². The molecule has 30 heavy (non-hydrogen) atoms. The lowest BCUT2D eigenvalue weighted by atomic mass is 9.94. The average Bonchev–Trinajstić information content (AvgIpc) is 3.14. The number of methoxy groups -OCH3 is 1. The summed E-state index contributed by atoms with van der Waals surface area (Å²) in [6.07, 6.45) is 5.33. The van der Waals surface area contributed by atoms with Crippen molar-refractivity contribution in [1.82, 2.24) is 4.90 Å². The van der Waals surface area contributed by atoms with Gasteiger partial charge >= 0.3 is 5.97 Å². The van der Waals surface area contributed by atoms with E-state index in [1.54, 1.807) is 4.90 Å². The van der Waals surface area contributed by atoms with Crippen LogP contribution >= 0.6 is 0 Å². The van der Waals surface area contributed by atoms with E-state index in [-0.39, 0.29) is 29.7 Å². The standard InChI is InChI=1S/C20H25N3O7/c1-29-15-7-8-17(23(27)28)16(10-15)21-18(24)12-30-20(26)13-9-19(25)22(11-13)14-5-3-2-4-6-14/h7-8,10,13-14H,2-6,9,11-12H2,1H3,(H,21,24)/t13-/m0/s1. The Hall–Kier alpha value is -3.17. The number of carbonyl (C=O) groups is 3. The number of hydrogen-bond acceptors (Lipinski definition) is 7. The van der Waals surface area contributed by atoms with Crippen LogP contribution in [0.2, 0.25) is 0 Å². The van der Waals surface area contributed by atoms with Crippen LogP contribution in [0.5, 0.6) is 5.75 Å². The maximum atomic E-state index is 12.3. The molecule has 0 aromatic heterocycles. The molecule has 2 aliphatic rings. The Balaban J connectivity index is 1.53. The van der Waals surface area contributed by atoms with Gasteiger partial charge in [-0.25, -0.2) is 0 Å². The van der Waals surface area contributed by atoms with Crippen LogP contribution in [0.3, 0.4) is 0 Å². The van der Waals surface area contributed by atoms with Crippen LogP contribution in [0.25, 0.3) is 0 Å². The Morgan fingerprint density at radius 1 is 1.27 bits per heavy atom. The minimum absolute atomic E-state index is 0.0553. The smallest absolute Gasteiger partial charge is 0.311 e. The summed E-state index contributed by atoms with van der Waals surface area (Å²) >= 11 is 0. The summed E-state index contributed by atoms with van der Waals surface area (Å²) in [5.41, 5.74) is -0.361. The van der Waals surface area contributed by atoms with Crippen LogP contribution in [0.1, 0.15) is 38.5 Å². The number of rotatable bonds is 7. The Bertz CT molecular complexity index is 836. The van der Waals surface area contributed by atoms with Gasteiger partial charge in [-0.15, -0.1) is 0 Å². The zero-order valence-corrected chi connectivity index (χ0v) is 16.8. The molecule has 1 saturated heterocycles. The first-order valence-corrected chi connectivity index (χ1v) is 9.97.